The number of hydrogen-bond donors (Lipinski definition) is 1. The summed E-state index contributed by atoms with van der Waals surface area (Å²) in [5.74, 6) is 0.0287. The number of nitrogens with zero attached hydrogens (tertiary/aromatic N) is 1. The summed E-state index contributed by atoms with van der Waals surface area (Å²) in [5, 5.41) is 5.76. The predicted octanol–water partition coefficient (Wildman–Crippen LogP) is 6.29. The molecule has 29 heavy (non-hydrogen) atoms. The third kappa shape index (κ3) is 3.07. The Bertz CT molecular complexity index is 1240. The molecule has 140 valence electrons. The van der Waals surface area contributed by atoms with E-state index in [1.54, 1.807) is 0 Å². The van der Waals surface area contributed by atoms with Crippen LogP contribution in [0.25, 0.3) is 21.8 Å². The molecular weight excluding hydrogens is 356 g/mol. The van der Waals surface area contributed by atoms with Gasteiger partial charge in [0.1, 0.15) is 0 Å². The zero-order chi connectivity index (χ0) is 19.6. The summed E-state index contributed by atoms with van der Waals surface area (Å²) >= 11 is 0. The Kier molecular flexibility index (Phi) is 4.34. The lowest BCUT2D eigenvalue weighted by atomic mass is 10.1. The predicted molar refractivity (Wildman–Crippen MR) is 119 cm³/mol. The maximum absolute atomic E-state index is 13.7. The van der Waals surface area contributed by atoms with Gasteiger partial charge >= 0.3 is 0 Å². The summed E-state index contributed by atoms with van der Waals surface area (Å²) < 4.78 is 2.12. The fraction of sp³-hybridized carbons (Fsp3) is 0.0385. The first-order chi connectivity index (χ1) is 14.3. The fourth-order valence-corrected chi connectivity index (χ4v) is 3.93. The highest BCUT2D eigenvalue weighted by atomic mass is 16.1. The van der Waals surface area contributed by atoms with Gasteiger partial charge in [0.2, 0.25) is 5.78 Å². The summed E-state index contributed by atoms with van der Waals surface area (Å²) in [5.41, 5.74) is 3.66. The summed E-state index contributed by atoms with van der Waals surface area (Å²) in [7, 11) is 0. The number of Topliss-reactive ketones (excluding diaryl/α,β-unsaturated/α-hetero) is 1. The monoisotopic (exact) mass is 376 g/mol. The van der Waals surface area contributed by atoms with Gasteiger partial charge in [-0.1, -0.05) is 84.9 Å². The number of benzene rings is 4. The van der Waals surface area contributed by atoms with Crippen molar-refractivity contribution in [1.82, 2.24) is 4.57 Å². The van der Waals surface area contributed by atoms with Crippen molar-refractivity contribution >= 4 is 33.3 Å². The van der Waals surface area contributed by atoms with Crippen molar-refractivity contribution < 1.29 is 4.79 Å². The van der Waals surface area contributed by atoms with Crippen LogP contribution in [-0.4, -0.2) is 10.4 Å². The highest BCUT2D eigenvalue weighted by Gasteiger charge is 2.25. The van der Waals surface area contributed by atoms with Crippen molar-refractivity contribution in [2.75, 3.05) is 5.32 Å². The van der Waals surface area contributed by atoms with Crippen molar-refractivity contribution in [3.8, 4) is 0 Å². The molecule has 1 atom stereocenters. The average Bonchev–Trinajstić information content (AvgIpc) is 3.13. The van der Waals surface area contributed by atoms with E-state index in [2.05, 4.69) is 34.1 Å². The van der Waals surface area contributed by atoms with Crippen molar-refractivity contribution in [1.29, 1.82) is 0 Å². The summed E-state index contributed by atoms with van der Waals surface area (Å²) in [4.78, 5) is 13.7. The molecule has 0 aliphatic carbocycles. The number of anilines is 1. The standard InChI is InChI=1S/C26H20N2O/c29-25(19-11-3-1-4-12-19)26(27-20-13-5-2-6-14-20)28-23-17-9-7-15-21(23)22-16-8-10-18-24(22)28/h1-18,26-27H. The van der Waals surface area contributed by atoms with Crippen LogP contribution in [-0.2, 0) is 0 Å². The minimum Gasteiger partial charge on any atom is -0.358 e. The fourth-order valence-electron chi connectivity index (χ4n) is 3.93. The van der Waals surface area contributed by atoms with E-state index in [9.17, 15) is 4.79 Å². The Balaban J connectivity index is 1.75. The smallest absolute Gasteiger partial charge is 0.205 e. The van der Waals surface area contributed by atoms with Gasteiger partial charge in [0.25, 0.3) is 0 Å². The van der Waals surface area contributed by atoms with Crippen LogP contribution in [0.2, 0.25) is 0 Å². The Labute approximate surface area is 169 Å². The molecule has 5 aromatic rings. The van der Waals surface area contributed by atoms with Crippen molar-refractivity contribution in [2.24, 2.45) is 0 Å². The Morgan fingerprint density at radius 3 is 1.69 bits per heavy atom. The topological polar surface area (TPSA) is 34.0 Å². The minimum atomic E-state index is -0.565. The van der Waals surface area contributed by atoms with Crippen LogP contribution in [0.5, 0.6) is 0 Å². The summed E-state index contributed by atoms with van der Waals surface area (Å²) in [6, 6.07) is 35.8. The van der Waals surface area contributed by atoms with E-state index >= 15 is 0 Å². The molecule has 1 heterocycles. The van der Waals surface area contributed by atoms with Crippen LogP contribution >= 0.6 is 0 Å². The lowest BCUT2D eigenvalue weighted by Crippen LogP contribution is -2.27. The van der Waals surface area contributed by atoms with Gasteiger partial charge in [-0.2, -0.15) is 0 Å². The van der Waals surface area contributed by atoms with E-state index in [0.29, 0.717) is 5.56 Å². The van der Waals surface area contributed by atoms with Crippen LogP contribution < -0.4 is 5.32 Å². The molecule has 3 heteroatoms. The molecule has 5 rings (SSSR count). The number of aromatic nitrogens is 1. The second-order valence-corrected chi connectivity index (χ2v) is 7.05. The zero-order valence-electron chi connectivity index (χ0n) is 15.8. The number of nitrogens with one attached hydrogen (secondary N) is 1. The van der Waals surface area contributed by atoms with E-state index in [4.69, 9.17) is 0 Å². The van der Waals surface area contributed by atoms with E-state index in [1.165, 1.54) is 0 Å². The third-order valence-electron chi connectivity index (χ3n) is 5.26. The van der Waals surface area contributed by atoms with Gasteiger partial charge in [0.05, 0.1) is 11.0 Å². The molecule has 0 radical (unpaired) electrons. The highest BCUT2D eigenvalue weighted by Crippen LogP contribution is 2.33. The maximum Gasteiger partial charge on any atom is 0.205 e. The van der Waals surface area contributed by atoms with Gasteiger partial charge in [-0.25, -0.2) is 0 Å². The molecule has 0 aliphatic heterocycles. The summed E-state index contributed by atoms with van der Waals surface area (Å²) in [6.07, 6.45) is -0.565. The molecule has 0 saturated carbocycles. The van der Waals surface area contributed by atoms with E-state index in [0.717, 1.165) is 27.5 Å². The molecule has 0 bridgehead atoms. The van der Waals surface area contributed by atoms with Crippen molar-refractivity contribution in [3.63, 3.8) is 0 Å². The Morgan fingerprint density at radius 1 is 0.621 bits per heavy atom. The van der Waals surface area contributed by atoms with Gasteiger partial charge < -0.3 is 9.88 Å². The third-order valence-corrected chi connectivity index (χ3v) is 5.26. The number of ketones is 1. The quantitative estimate of drug-likeness (QED) is 0.366. The maximum atomic E-state index is 13.7. The normalized spacial score (nSPS) is 12.1. The van der Waals surface area contributed by atoms with Crippen LogP contribution in [0.4, 0.5) is 5.69 Å². The number of fused-ring (bicyclic) bond motifs is 3. The molecule has 0 saturated heterocycles. The first-order valence-corrected chi connectivity index (χ1v) is 9.71. The number of carbonyl (C=O) groups is 1. The molecule has 1 unspecified atom stereocenters. The number of rotatable bonds is 5. The molecule has 1 N–H and O–H groups in total. The SMILES string of the molecule is O=C(c1ccccc1)C(Nc1ccccc1)n1c2ccccc2c2ccccc21. The molecule has 0 spiro atoms. The molecule has 4 aromatic carbocycles. The van der Waals surface area contributed by atoms with Gasteiger partial charge in [0, 0.05) is 22.0 Å². The van der Waals surface area contributed by atoms with Gasteiger partial charge in [-0.05, 0) is 24.3 Å². The lowest BCUT2D eigenvalue weighted by Gasteiger charge is -2.23. The van der Waals surface area contributed by atoms with Crippen LogP contribution in [0, 0.1) is 0 Å². The number of para-hydroxylation sites is 3. The average molecular weight is 376 g/mol. The Morgan fingerprint density at radius 2 is 1.10 bits per heavy atom. The largest absolute Gasteiger partial charge is 0.358 e. The first kappa shape index (κ1) is 17.3. The molecule has 3 nitrogen and oxygen atoms in total. The molecule has 1 aromatic heterocycles. The highest BCUT2D eigenvalue weighted by molar-refractivity contribution is 6.10. The van der Waals surface area contributed by atoms with Crippen LogP contribution in [0.3, 0.4) is 0 Å². The van der Waals surface area contributed by atoms with Crippen LogP contribution in [0.1, 0.15) is 16.5 Å². The lowest BCUT2D eigenvalue weighted by molar-refractivity contribution is 0.0944. The molecular formula is C26H20N2O. The van der Waals surface area contributed by atoms with E-state index < -0.39 is 6.17 Å². The van der Waals surface area contributed by atoms with E-state index in [-0.39, 0.29) is 5.78 Å². The van der Waals surface area contributed by atoms with Gasteiger partial charge in [-0.15, -0.1) is 0 Å². The molecule has 0 aliphatic rings. The molecule has 0 fully saturated rings. The van der Waals surface area contributed by atoms with Crippen LogP contribution in [0.15, 0.2) is 109 Å². The summed E-state index contributed by atoms with van der Waals surface area (Å²) in [6.45, 7) is 0. The number of carbonyl (C=O) groups excluding carboxylic acids is 1. The second-order valence-electron chi connectivity index (χ2n) is 7.05. The van der Waals surface area contributed by atoms with Crippen molar-refractivity contribution in [2.45, 2.75) is 6.17 Å². The Hall–Kier alpha value is -3.85. The molecule has 0 amide bonds. The second kappa shape index (κ2) is 7.28. The number of hydrogen-bond acceptors (Lipinski definition) is 2. The first-order valence-electron chi connectivity index (χ1n) is 9.71. The minimum absolute atomic E-state index is 0.0287. The van der Waals surface area contributed by atoms with Gasteiger partial charge in [-0.3, -0.25) is 4.79 Å². The van der Waals surface area contributed by atoms with Crippen molar-refractivity contribution in [3.05, 3.63) is 115 Å². The van der Waals surface area contributed by atoms with E-state index in [1.807, 2.05) is 84.9 Å². The zero-order valence-corrected chi connectivity index (χ0v) is 15.8. The van der Waals surface area contributed by atoms with Gasteiger partial charge in [0.15, 0.2) is 6.17 Å².